The highest BCUT2D eigenvalue weighted by molar-refractivity contribution is 5.96. The molecule has 1 saturated carbocycles. The van der Waals surface area contributed by atoms with Crippen LogP contribution in [-0.4, -0.2) is 0 Å². The summed E-state index contributed by atoms with van der Waals surface area (Å²) in [6.07, 6.45) is 17.9. The van der Waals surface area contributed by atoms with E-state index in [1.807, 2.05) is 0 Å². The molecule has 3 aliphatic rings. The lowest BCUT2D eigenvalue weighted by molar-refractivity contribution is 0.702. The Hall–Kier alpha value is -1.82. The second-order valence-corrected chi connectivity index (χ2v) is 7.97. The molecule has 0 heterocycles. The van der Waals surface area contributed by atoms with Crippen molar-refractivity contribution in [2.45, 2.75) is 64.2 Å². The zero-order chi connectivity index (χ0) is 16.6. The third kappa shape index (κ3) is 2.67. The molecule has 25 heavy (non-hydrogen) atoms. The van der Waals surface area contributed by atoms with Crippen LogP contribution in [-0.2, 0) is 6.42 Å². The van der Waals surface area contributed by atoms with Crippen LogP contribution in [0, 0.1) is 5.92 Å². The maximum atomic E-state index is 2.42. The molecule has 0 amide bonds. The number of aryl methyl sites for hydroxylation is 1. The van der Waals surface area contributed by atoms with E-state index in [-0.39, 0.29) is 0 Å². The second-order valence-electron chi connectivity index (χ2n) is 7.97. The molecule has 1 radical (unpaired) electrons. The van der Waals surface area contributed by atoms with Gasteiger partial charge >= 0.3 is 0 Å². The quantitative estimate of drug-likeness (QED) is 0.487. The first kappa shape index (κ1) is 15.4. The summed E-state index contributed by atoms with van der Waals surface area (Å²) in [5.41, 5.74) is 7.86. The number of hydrogen-bond donors (Lipinski definition) is 0. The van der Waals surface area contributed by atoms with Crippen LogP contribution in [0.15, 0.2) is 48.1 Å². The first-order chi connectivity index (χ1) is 12.4. The van der Waals surface area contributed by atoms with Gasteiger partial charge in [0.1, 0.15) is 0 Å². The van der Waals surface area contributed by atoms with Crippen molar-refractivity contribution in [2.75, 3.05) is 0 Å². The van der Waals surface area contributed by atoms with Crippen LogP contribution in [0.1, 0.15) is 74.5 Å². The second kappa shape index (κ2) is 6.48. The van der Waals surface area contributed by atoms with Gasteiger partial charge in [-0.05, 0) is 71.6 Å². The van der Waals surface area contributed by atoms with E-state index in [2.05, 4.69) is 42.5 Å². The number of rotatable bonds is 1. The Morgan fingerprint density at radius 2 is 1.52 bits per heavy atom. The summed E-state index contributed by atoms with van der Waals surface area (Å²) in [7, 11) is 0. The van der Waals surface area contributed by atoms with Crippen LogP contribution < -0.4 is 0 Å². The van der Waals surface area contributed by atoms with E-state index in [1.165, 1.54) is 86.1 Å². The molecule has 2 aromatic carbocycles. The molecule has 127 valence electrons. The Bertz CT molecular complexity index is 857. The first-order valence-electron chi connectivity index (χ1n) is 10.2. The van der Waals surface area contributed by atoms with Crippen LogP contribution >= 0.6 is 0 Å². The third-order valence-corrected chi connectivity index (χ3v) is 6.51. The summed E-state index contributed by atoms with van der Waals surface area (Å²) in [5.74, 6) is 1.70. The van der Waals surface area contributed by atoms with E-state index < -0.39 is 0 Å². The van der Waals surface area contributed by atoms with E-state index in [4.69, 9.17) is 0 Å². The van der Waals surface area contributed by atoms with Crippen LogP contribution in [0.25, 0.3) is 16.3 Å². The van der Waals surface area contributed by atoms with Crippen molar-refractivity contribution in [3.63, 3.8) is 0 Å². The molecule has 0 N–H and O–H groups in total. The zero-order valence-electron chi connectivity index (χ0n) is 15.1. The van der Waals surface area contributed by atoms with E-state index in [0.717, 1.165) is 0 Å². The molecule has 5 rings (SSSR count). The molecule has 0 spiro atoms. The summed E-state index contributed by atoms with van der Waals surface area (Å²) in [4.78, 5) is 0. The fourth-order valence-electron chi connectivity index (χ4n) is 5.20. The van der Waals surface area contributed by atoms with E-state index in [0.29, 0.717) is 0 Å². The van der Waals surface area contributed by atoms with Gasteiger partial charge in [0.15, 0.2) is 0 Å². The average molecular weight is 327 g/mol. The summed E-state index contributed by atoms with van der Waals surface area (Å²) in [6.45, 7) is 0. The lowest BCUT2D eigenvalue weighted by atomic mass is 9.78. The SMILES string of the molecule is C1=CC2=C(CC1)CCc1c2ccc2c([C]3CCCCCC3)cccc12. The Morgan fingerprint density at radius 3 is 2.40 bits per heavy atom. The monoisotopic (exact) mass is 327 g/mol. The van der Waals surface area contributed by atoms with Gasteiger partial charge < -0.3 is 0 Å². The van der Waals surface area contributed by atoms with Crippen LogP contribution in [0.2, 0.25) is 0 Å². The largest absolute Gasteiger partial charge is 0.0836 e. The third-order valence-electron chi connectivity index (χ3n) is 6.51. The summed E-state index contributed by atoms with van der Waals surface area (Å²) < 4.78 is 0. The Morgan fingerprint density at radius 1 is 0.640 bits per heavy atom. The van der Waals surface area contributed by atoms with Crippen molar-refractivity contribution in [1.82, 2.24) is 0 Å². The topological polar surface area (TPSA) is 0 Å². The predicted molar refractivity (Wildman–Crippen MR) is 108 cm³/mol. The lowest BCUT2D eigenvalue weighted by Crippen LogP contribution is -2.08. The normalized spacial score (nSPS) is 21.1. The highest BCUT2D eigenvalue weighted by atomic mass is 14.3. The van der Waals surface area contributed by atoms with Gasteiger partial charge in [0.2, 0.25) is 0 Å². The lowest BCUT2D eigenvalue weighted by Gasteiger charge is -2.26. The van der Waals surface area contributed by atoms with Crippen molar-refractivity contribution in [1.29, 1.82) is 0 Å². The zero-order valence-corrected chi connectivity index (χ0v) is 15.1. The fraction of sp³-hybridized carbons (Fsp3) is 0.400. The van der Waals surface area contributed by atoms with Gasteiger partial charge in [-0.1, -0.05) is 73.7 Å². The summed E-state index contributed by atoms with van der Waals surface area (Å²) in [5, 5.41) is 3.01. The van der Waals surface area contributed by atoms with Gasteiger partial charge in [-0.3, -0.25) is 0 Å². The van der Waals surface area contributed by atoms with Gasteiger partial charge in [0.05, 0.1) is 0 Å². The van der Waals surface area contributed by atoms with Gasteiger partial charge in [-0.2, -0.15) is 0 Å². The predicted octanol–water partition coefficient (Wildman–Crippen LogP) is 7.17. The molecule has 0 atom stereocenters. The molecule has 2 aromatic rings. The van der Waals surface area contributed by atoms with Gasteiger partial charge in [0.25, 0.3) is 0 Å². The summed E-state index contributed by atoms with van der Waals surface area (Å²) in [6, 6.07) is 11.9. The molecular formula is C25H27. The van der Waals surface area contributed by atoms with Crippen LogP contribution in [0.4, 0.5) is 0 Å². The van der Waals surface area contributed by atoms with Crippen molar-refractivity contribution in [2.24, 2.45) is 0 Å². The van der Waals surface area contributed by atoms with Crippen LogP contribution in [0.3, 0.4) is 0 Å². The molecule has 0 unspecified atom stereocenters. The first-order valence-corrected chi connectivity index (χ1v) is 10.2. The molecular weight excluding hydrogens is 300 g/mol. The molecule has 0 saturated heterocycles. The van der Waals surface area contributed by atoms with Crippen molar-refractivity contribution >= 4 is 16.3 Å². The maximum absolute atomic E-state index is 2.42. The molecule has 0 aromatic heterocycles. The number of hydrogen-bond acceptors (Lipinski definition) is 0. The number of fused-ring (bicyclic) bond motifs is 4. The standard InChI is InChI=1S/C25H27/c1-2-4-9-18(8-3-1)21-12-7-13-22-23(21)16-17-24-20-11-6-5-10-19(20)14-15-25(22)24/h6-7,11-13,16-17H,1-5,8-10,14-15H2. The number of allylic oxidation sites excluding steroid dienone is 4. The highest BCUT2D eigenvalue weighted by Crippen LogP contribution is 2.42. The Balaban J connectivity index is 1.65. The fourth-order valence-corrected chi connectivity index (χ4v) is 5.20. The average Bonchev–Trinajstić information content (AvgIpc) is 2.96. The van der Waals surface area contributed by atoms with Gasteiger partial charge in [-0.25, -0.2) is 0 Å². The Labute approximate surface area is 151 Å². The van der Waals surface area contributed by atoms with Gasteiger partial charge in [-0.15, -0.1) is 0 Å². The highest BCUT2D eigenvalue weighted by Gasteiger charge is 2.23. The summed E-state index contributed by atoms with van der Waals surface area (Å²) >= 11 is 0. The smallest absolute Gasteiger partial charge is 0.00561 e. The molecule has 0 aliphatic heterocycles. The molecule has 1 fully saturated rings. The minimum Gasteiger partial charge on any atom is -0.0836 e. The van der Waals surface area contributed by atoms with Gasteiger partial charge in [0, 0.05) is 5.92 Å². The Kier molecular flexibility index (Phi) is 4.00. The van der Waals surface area contributed by atoms with Crippen LogP contribution in [0.5, 0.6) is 0 Å². The molecule has 0 heteroatoms. The van der Waals surface area contributed by atoms with Crippen molar-refractivity contribution < 1.29 is 0 Å². The molecule has 0 nitrogen and oxygen atoms in total. The van der Waals surface area contributed by atoms with E-state index in [9.17, 15) is 0 Å². The van der Waals surface area contributed by atoms with Crippen molar-refractivity contribution in [3.05, 3.63) is 70.7 Å². The molecule has 3 aliphatic carbocycles. The minimum absolute atomic E-state index is 1.22. The van der Waals surface area contributed by atoms with Crippen molar-refractivity contribution in [3.8, 4) is 0 Å². The molecule has 0 bridgehead atoms. The van der Waals surface area contributed by atoms with E-state index in [1.54, 1.807) is 22.6 Å². The maximum Gasteiger partial charge on any atom is 0.00561 e. The number of benzene rings is 2. The van der Waals surface area contributed by atoms with E-state index >= 15 is 0 Å². The minimum atomic E-state index is 1.22.